The maximum absolute atomic E-state index is 12.2. The van der Waals surface area contributed by atoms with Crippen LogP contribution in [0.15, 0.2) is 41.4 Å². The summed E-state index contributed by atoms with van der Waals surface area (Å²) in [5, 5.41) is 4.63. The summed E-state index contributed by atoms with van der Waals surface area (Å²) in [6, 6.07) is 11.5. The Morgan fingerprint density at radius 2 is 1.88 bits per heavy atom. The van der Waals surface area contributed by atoms with Crippen molar-refractivity contribution in [3.8, 4) is 0 Å². The molecule has 3 rings (SSSR count). The molecule has 4 heteroatoms. The zero-order valence-electron chi connectivity index (χ0n) is 14.8. The lowest BCUT2D eigenvalue weighted by molar-refractivity contribution is -0.120. The molecule has 128 valence electrons. The van der Waals surface area contributed by atoms with Crippen LogP contribution in [0, 0.1) is 26.7 Å². The van der Waals surface area contributed by atoms with Crippen molar-refractivity contribution in [2.24, 2.45) is 10.9 Å². The zero-order valence-corrected chi connectivity index (χ0v) is 14.8. The van der Waals surface area contributed by atoms with Gasteiger partial charge in [-0.15, -0.1) is 0 Å². The molecule has 1 aliphatic heterocycles. The van der Waals surface area contributed by atoms with Gasteiger partial charge < -0.3 is 5.32 Å². The fraction of sp³-hybridized carbons (Fsp3) is 0.286. The Labute approximate surface area is 147 Å². The van der Waals surface area contributed by atoms with Crippen molar-refractivity contribution in [3.05, 3.63) is 69.2 Å². The third-order valence-corrected chi connectivity index (χ3v) is 4.59. The molecule has 1 heterocycles. The highest BCUT2D eigenvalue weighted by Crippen LogP contribution is 2.10. The van der Waals surface area contributed by atoms with Crippen LogP contribution in [-0.2, 0) is 4.79 Å². The lowest BCUT2D eigenvalue weighted by Gasteiger charge is -2.13. The Bertz CT molecular complexity index is 960. The van der Waals surface area contributed by atoms with Crippen LogP contribution in [0.3, 0.4) is 0 Å². The summed E-state index contributed by atoms with van der Waals surface area (Å²) in [6.07, 6.45) is 2.52. The molecule has 0 fully saturated rings. The summed E-state index contributed by atoms with van der Waals surface area (Å²) in [5.74, 6) is -0.538. The van der Waals surface area contributed by atoms with Gasteiger partial charge in [-0.3, -0.25) is 9.59 Å². The zero-order chi connectivity index (χ0) is 18.0. The van der Waals surface area contributed by atoms with Crippen LogP contribution in [0.2, 0.25) is 0 Å². The van der Waals surface area contributed by atoms with Gasteiger partial charge >= 0.3 is 0 Å². The highest BCUT2D eigenvalue weighted by molar-refractivity contribution is 5.94. The lowest BCUT2D eigenvalue weighted by Crippen LogP contribution is -2.36. The third-order valence-electron chi connectivity index (χ3n) is 4.59. The van der Waals surface area contributed by atoms with E-state index in [1.807, 2.05) is 44.2 Å². The summed E-state index contributed by atoms with van der Waals surface area (Å²) < 4.78 is 0. The van der Waals surface area contributed by atoms with E-state index in [0.717, 1.165) is 21.7 Å². The smallest absolute Gasteiger partial charge is 0.253 e. The van der Waals surface area contributed by atoms with Gasteiger partial charge in [0.05, 0.1) is 11.3 Å². The summed E-state index contributed by atoms with van der Waals surface area (Å²) in [5.41, 5.74) is 4.00. The average molecular weight is 334 g/mol. The van der Waals surface area contributed by atoms with Gasteiger partial charge in [0.2, 0.25) is 0 Å². The SMILES string of the molecule is Cc1cccc(C(=O)NCCC2C=c3cc(C)c(C)cc3=NC2=O)c1. The number of hydrogen-bond acceptors (Lipinski definition) is 2. The number of benzene rings is 2. The van der Waals surface area contributed by atoms with Gasteiger partial charge in [-0.1, -0.05) is 23.8 Å². The van der Waals surface area contributed by atoms with Gasteiger partial charge in [-0.2, -0.15) is 0 Å². The van der Waals surface area contributed by atoms with Crippen molar-refractivity contribution in [3.63, 3.8) is 0 Å². The minimum Gasteiger partial charge on any atom is -0.352 e. The molecule has 0 bridgehead atoms. The van der Waals surface area contributed by atoms with Crippen molar-refractivity contribution >= 4 is 17.9 Å². The average Bonchev–Trinajstić information content (AvgIpc) is 2.57. The molecule has 1 aliphatic rings. The van der Waals surface area contributed by atoms with Gasteiger partial charge in [0.15, 0.2) is 0 Å². The molecule has 1 N–H and O–H groups in total. The monoisotopic (exact) mass is 334 g/mol. The van der Waals surface area contributed by atoms with Gasteiger partial charge in [0.1, 0.15) is 0 Å². The highest BCUT2D eigenvalue weighted by Gasteiger charge is 2.18. The Hall–Kier alpha value is -2.75. The molecule has 4 nitrogen and oxygen atoms in total. The molecule has 0 aromatic heterocycles. The first-order valence-electron chi connectivity index (χ1n) is 8.50. The fourth-order valence-corrected chi connectivity index (χ4v) is 2.98. The minimum absolute atomic E-state index is 0.115. The minimum atomic E-state index is -0.285. The number of aryl methyl sites for hydroxylation is 3. The van der Waals surface area contributed by atoms with Crippen molar-refractivity contribution in [2.45, 2.75) is 27.2 Å². The van der Waals surface area contributed by atoms with Crippen LogP contribution in [0.1, 0.15) is 33.5 Å². The van der Waals surface area contributed by atoms with Crippen LogP contribution >= 0.6 is 0 Å². The first-order valence-corrected chi connectivity index (χ1v) is 8.50. The first-order chi connectivity index (χ1) is 11.9. The molecular formula is C21H22N2O2. The van der Waals surface area contributed by atoms with E-state index in [1.165, 1.54) is 5.56 Å². The molecule has 0 spiro atoms. The van der Waals surface area contributed by atoms with E-state index in [1.54, 1.807) is 6.07 Å². The molecule has 0 saturated heterocycles. The molecule has 1 atom stereocenters. The number of carbonyl (C=O) groups is 2. The van der Waals surface area contributed by atoms with Gasteiger partial charge in [0, 0.05) is 12.1 Å². The Balaban J connectivity index is 1.67. The number of carbonyl (C=O) groups excluding carboxylic acids is 2. The molecule has 1 unspecified atom stereocenters. The molecule has 0 saturated carbocycles. The van der Waals surface area contributed by atoms with Gasteiger partial charge in [-0.25, -0.2) is 4.99 Å². The second kappa shape index (κ2) is 7.01. The van der Waals surface area contributed by atoms with E-state index >= 15 is 0 Å². The predicted octanol–water partition coefficient (Wildman–Crippen LogP) is 1.99. The molecule has 2 aromatic rings. The molecule has 0 radical (unpaired) electrons. The second-order valence-electron chi connectivity index (χ2n) is 6.63. The van der Waals surface area contributed by atoms with E-state index in [2.05, 4.69) is 23.3 Å². The maximum Gasteiger partial charge on any atom is 0.253 e. The van der Waals surface area contributed by atoms with Crippen LogP contribution in [0.25, 0.3) is 6.08 Å². The van der Waals surface area contributed by atoms with Crippen LogP contribution in [0.5, 0.6) is 0 Å². The number of fused-ring (bicyclic) bond motifs is 1. The molecule has 2 aromatic carbocycles. The Kier molecular flexibility index (Phi) is 4.79. The molecular weight excluding hydrogens is 312 g/mol. The van der Waals surface area contributed by atoms with Crippen molar-refractivity contribution in [2.75, 3.05) is 6.54 Å². The van der Waals surface area contributed by atoms with Crippen LogP contribution in [-0.4, -0.2) is 18.4 Å². The van der Waals surface area contributed by atoms with Crippen molar-refractivity contribution in [1.82, 2.24) is 5.32 Å². The predicted molar refractivity (Wildman–Crippen MR) is 97.8 cm³/mol. The summed E-state index contributed by atoms with van der Waals surface area (Å²) in [6.45, 7) is 6.46. The van der Waals surface area contributed by atoms with Gasteiger partial charge in [-0.05, 0) is 67.8 Å². The number of nitrogens with zero attached hydrogens (tertiary/aromatic N) is 1. The second-order valence-corrected chi connectivity index (χ2v) is 6.63. The standard InChI is InChI=1S/C21H22N2O2/c1-13-5-4-6-16(9-13)20(24)22-8-7-17-12-18-10-14(2)15(3)11-19(18)23-21(17)25/h4-6,9-12,17H,7-8H2,1-3H3,(H,22,24). The first kappa shape index (κ1) is 17.1. The van der Waals surface area contributed by atoms with E-state index < -0.39 is 0 Å². The topological polar surface area (TPSA) is 58.5 Å². The number of rotatable bonds is 4. The normalized spacial score (nSPS) is 15.8. The lowest BCUT2D eigenvalue weighted by atomic mass is 9.98. The van der Waals surface area contributed by atoms with E-state index in [-0.39, 0.29) is 17.7 Å². The number of nitrogens with one attached hydrogen (secondary N) is 1. The number of hydrogen-bond donors (Lipinski definition) is 1. The summed E-state index contributed by atoms with van der Waals surface area (Å²) in [7, 11) is 0. The fourth-order valence-electron chi connectivity index (χ4n) is 2.98. The Morgan fingerprint density at radius 1 is 1.12 bits per heavy atom. The van der Waals surface area contributed by atoms with E-state index in [4.69, 9.17) is 0 Å². The van der Waals surface area contributed by atoms with Crippen molar-refractivity contribution < 1.29 is 9.59 Å². The largest absolute Gasteiger partial charge is 0.352 e. The summed E-state index contributed by atoms with van der Waals surface area (Å²) in [4.78, 5) is 28.6. The third kappa shape index (κ3) is 3.85. The molecule has 25 heavy (non-hydrogen) atoms. The van der Waals surface area contributed by atoms with Crippen LogP contribution in [0.4, 0.5) is 0 Å². The quantitative estimate of drug-likeness (QED) is 0.929. The van der Waals surface area contributed by atoms with E-state index in [9.17, 15) is 9.59 Å². The summed E-state index contributed by atoms with van der Waals surface area (Å²) >= 11 is 0. The molecule has 2 amide bonds. The van der Waals surface area contributed by atoms with Gasteiger partial charge in [0.25, 0.3) is 11.8 Å². The number of amides is 2. The maximum atomic E-state index is 12.2. The Morgan fingerprint density at radius 3 is 2.64 bits per heavy atom. The highest BCUT2D eigenvalue weighted by atomic mass is 16.2. The van der Waals surface area contributed by atoms with Crippen molar-refractivity contribution in [1.29, 1.82) is 0 Å². The molecule has 0 aliphatic carbocycles. The van der Waals surface area contributed by atoms with Crippen LogP contribution < -0.4 is 15.9 Å². The van der Waals surface area contributed by atoms with E-state index in [0.29, 0.717) is 18.5 Å².